The van der Waals surface area contributed by atoms with Crippen LogP contribution in [-0.4, -0.2) is 19.8 Å². The molecule has 1 rings (SSSR count). The number of hydrogen-bond acceptors (Lipinski definition) is 2. The van der Waals surface area contributed by atoms with Gasteiger partial charge in [0.2, 0.25) is 0 Å². The molecule has 0 saturated heterocycles. The van der Waals surface area contributed by atoms with Gasteiger partial charge in [0.05, 0.1) is 13.0 Å². The maximum Gasteiger partial charge on any atom is 0.397 e. The van der Waals surface area contributed by atoms with Gasteiger partial charge in [-0.15, -0.1) is 0 Å². The smallest absolute Gasteiger partial charge is 0.397 e. The Morgan fingerprint density at radius 1 is 1.38 bits per heavy atom. The van der Waals surface area contributed by atoms with Crippen LogP contribution in [0.15, 0.2) is 18.2 Å². The fourth-order valence-electron chi connectivity index (χ4n) is 1.54. The molecule has 0 aliphatic heterocycles. The van der Waals surface area contributed by atoms with Gasteiger partial charge in [0, 0.05) is 12.1 Å². The van der Waals surface area contributed by atoms with E-state index in [2.05, 4.69) is 0 Å². The number of ether oxygens (including phenoxy) is 1. The first kappa shape index (κ1) is 12.8. The molecule has 90 valence electrons. The van der Waals surface area contributed by atoms with Crippen LogP contribution in [0.3, 0.4) is 0 Å². The van der Waals surface area contributed by atoms with E-state index in [-0.39, 0.29) is 11.3 Å². The van der Waals surface area contributed by atoms with Crippen LogP contribution in [-0.2, 0) is 0 Å². The number of rotatable bonds is 3. The van der Waals surface area contributed by atoms with Gasteiger partial charge < -0.3 is 10.5 Å². The fraction of sp³-hybridized carbons (Fsp3) is 0.455. The second kappa shape index (κ2) is 4.74. The summed E-state index contributed by atoms with van der Waals surface area (Å²) in [5.41, 5.74) is 6.11. The van der Waals surface area contributed by atoms with Gasteiger partial charge in [0.25, 0.3) is 0 Å². The summed E-state index contributed by atoms with van der Waals surface area (Å²) in [4.78, 5) is 0. The Morgan fingerprint density at radius 3 is 2.44 bits per heavy atom. The van der Waals surface area contributed by atoms with Crippen molar-refractivity contribution in [3.05, 3.63) is 29.3 Å². The van der Waals surface area contributed by atoms with Crippen molar-refractivity contribution in [3.63, 3.8) is 0 Å². The lowest BCUT2D eigenvalue weighted by Crippen LogP contribution is -2.28. The molecule has 1 atom stereocenters. The van der Waals surface area contributed by atoms with Gasteiger partial charge in [-0.05, 0) is 18.6 Å². The van der Waals surface area contributed by atoms with Crippen molar-refractivity contribution in [1.29, 1.82) is 0 Å². The molecule has 2 N–H and O–H groups in total. The van der Waals surface area contributed by atoms with E-state index < -0.39 is 18.6 Å². The van der Waals surface area contributed by atoms with Crippen molar-refractivity contribution in [3.8, 4) is 5.75 Å². The summed E-state index contributed by atoms with van der Waals surface area (Å²) in [7, 11) is 1.35. The van der Waals surface area contributed by atoms with Crippen molar-refractivity contribution < 1.29 is 17.9 Å². The lowest BCUT2D eigenvalue weighted by atomic mass is 9.96. The summed E-state index contributed by atoms with van der Waals surface area (Å²) in [6, 6.07) is 4.61. The number of benzene rings is 1. The second-order valence-electron chi connectivity index (χ2n) is 3.58. The lowest BCUT2D eigenvalue weighted by molar-refractivity contribution is -0.148. The van der Waals surface area contributed by atoms with Crippen molar-refractivity contribution in [2.75, 3.05) is 13.7 Å². The Labute approximate surface area is 92.2 Å². The number of nitrogens with two attached hydrogens (primary N) is 1. The molecule has 1 aromatic rings. The minimum Gasteiger partial charge on any atom is -0.496 e. The molecule has 0 spiro atoms. The molecular formula is C11H14F3NO. The Kier molecular flexibility index (Phi) is 3.80. The molecule has 0 saturated carbocycles. The van der Waals surface area contributed by atoms with E-state index in [1.54, 1.807) is 19.1 Å². The third-order valence-corrected chi connectivity index (χ3v) is 2.40. The predicted octanol–water partition coefficient (Wildman–Crippen LogP) is 2.61. The van der Waals surface area contributed by atoms with E-state index >= 15 is 0 Å². The number of aryl methyl sites for hydroxylation is 1. The van der Waals surface area contributed by atoms with Crippen LogP contribution < -0.4 is 10.5 Å². The van der Waals surface area contributed by atoms with Crippen LogP contribution in [0.5, 0.6) is 5.75 Å². The normalized spacial score (nSPS) is 13.6. The Hall–Kier alpha value is -1.23. The predicted molar refractivity (Wildman–Crippen MR) is 55.6 cm³/mol. The number of methoxy groups -OCH3 is 1. The summed E-state index contributed by atoms with van der Waals surface area (Å²) in [5.74, 6) is -1.45. The zero-order valence-corrected chi connectivity index (χ0v) is 9.14. The molecule has 1 unspecified atom stereocenters. The SMILES string of the molecule is COc1cc(C)ccc1C(CN)C(F)(F)F. The van der Waals surface area contributed by atoms with E-state index in [0.717, 1.165) is 5.56 Å². The molecule has 1 aromatic carbocycles. The molecule has 0 heterocycles. The topological polar surface area (TPSA) is 35.2 Å². The van der Waals surface area contributed by atoms with Crippen molar-refractivity contribution >= 4 is 0 Å². The van der Waals surface area contributed by atoms with E-state index in [1.807, 2.05) is 0 Å². The lowest BCUT2D eigenvalue weighted by Gasteiger charge is -2.21. The van der Waals surface area contributed by atoms with Gasteiger partial charge in [-0.2, -0.15) is 13.2 Å². The fourth-order valence-corrected chi connectivity index (χ4v) is 1.54. The first-order valence-electron chi connectivity index (χ1n) is 4.81. The summed E-state index contributed by atoms with van der Waals surface area (Å²) in [6.45, 7) is 1.31. The van der Waals surface area contributed by atoms with Crippen molar-refractivity contribution in [2.24, 2.45) is 5.73 Å². The molecule has 2 nitrogen and oxygen atoms in total. The minimum absolute atomic E-state index is 0.0862. The zero-order chi connectivity index (χ0) is 12.3. The number of halogens is 3. The molecule has 0 amide bonds. The Morgan fingerprint density at radius 2 is 2.00 bits per heavy atom. The third kappa shape index (κ3) is 2.66. The van der Waals surface area contributed by atoms with E-state index in [1.165, 1.54) is 13.2 Å². The first-order valence-corrected chi connectivity index (χ1v) is 4.81. The molecule has 0 aliphatic rings. The van der Waals surface area contributed by atoms with Gasteiger partial charge in [-0.3, -0.25) is 0 Å². The maximum atomic E-state index is 12.7. The molecule has 0 aliphatic carbocycles. The highest BCUT2D eigenvalue weighted by Gasteiger charge is 2.41. The van der Waals surface area contributed by atoms with Gasteiger partial charge >= 0.3 is 6.18 Å². The summed E-state index contributed by atoms with van der Waals surface area (Å²) >= 11 is 0. The second-order valence-corrected chi connectivity index (χ2v) is 3.58. The van der Waals surface area contributed by atoms with Crippen LogP contribution in [0.1, 0.15) is 17.0 Å². The van der Waals surface area contributed by atoms with Gasteiger partial charge in [-0.25, -0.2) is 0 Å². The summed E-state index contributed by atoms with van der Waals surface area (Å²) < 4.78 is 43.0. The molecule has 0 aromatic heterocycles. The van der Waals surface area contributed by atoms with Crippen LogP contribution in [0.2, 0.25) is 0 Å². The average molecular weight is 233 g/mol. The molecule has 0 radical (unpaired) electrons. The van der Waals surface area contributed by atoms with Crippen molar-refractivity contribution in [2.45, 2.75) is 19.0 Å². The Bertz CT molecular complexity index is 363. The number of alkyl halides is 3. The first-order chi connectivity index (χ1) is 7.40. The largest absolute Gasteiger partial charge is 0.496 e. The highest BCUT2D eigenvalue weighted by Crippen LogP contribution is 2.38. The number of hydrogen-bond donors (Lipinski definition) is 1. The van der Waals surface area contributed by atoms with Gasteiger partial charge in [0.1, 0.15) is 5.75 Å². The van der Waals surface area contributed by atoms with Crippen LogP contribution >= 0.6 is 0 Å². The van der Waals surface area contributed by atoms with Crippen LogP contribution in [0, 0.1) is 6.92 Å². The quantitative estimate of drug-likeness (QED) is 0.870. The summed E-state index contributed by atoms with van der Waals surface area (Å²) in [6.07, 6.45) is -4.35. The van der Waals surface area contributed by atoms with Gasteiger partial charge in [0.15, 0.2) is 0 Å². The molecule has 5 heteroatoms. The maximum absolute atomic E-state index is 12.7. The van der Waals surface area contributed by atoms with E-state index in [0.29, 0.717) is 0 Å². The molecule has 0 bridgehead atoms. The molecule has 0 fully saturated rings. The average Bonchev–Trinajstić information content (AvgIpc) is 2.19. The van der Waals surface area contributed by atoms with Crippen LogP contribution in [0.4, 0.5) is 13.2 Å². The molecular weight excluding hydrogens is 219 g/mol. The minimum atomic E-state index is -4.35. The standard InChI is InChI=1S/C11H14F3NO/c1-7-3-4-8(10(5-7)16-2)9(6-15)11(12,13)14/h3-5,9H,6,15H2,1-2H3. The van der Waals surface area contributed by atoms with Crippen LogP contribution in [0.25, 0.3) is 0 Å². The highest BCUT2D eigenvalue weighted by atomic mass is 19.4. The van der Waals surface area contributed by atoms with E-state index in [9.17, 15) is 13.2 Å². The van der Waals surface area contributed by atoms with Gasteiger partial charge in [-0.1, -0.05) is 12.1 Å². The monoisotopic (exact) mass is 233 g/mol. The summed E-state index contributed by atoms with van der Waals surface area (Å²) in [5, 5.41) is 0. The Balaban J connectivity index is 3.20. The zero-order valence-electron chi connectivity index (χ0n) is 9.14. The van der Waals surface area contributed by atoms with Crippen molar-refractivity contribution in [1.82, 2.24) is 0 Å². The van der Waals surface area contributed by atoms with E-state index in [4.69, 9.17) is 10.5 Å². The highest BCUT2D eigenvalue weighted by molar-refractivity contribution is 5.40. The third-order valence-electron chi connectivity index (χ3n) is 2.40. The molecule has 16 heavy (non-hydrogen) atoms.